The zero-order valence-electron chi connectivity index (χ0n) is 15.7. The number of carbonyl (C=O) groups excluding carboxylic acids is 1. The van der Waals surface area contributed by atoms with Crippen LogP contribution in [0.2, 0.25) is 0 Å². The van der Waals surface area contributed by atoms with Gasteiger partial charge in [-0.3, -0.25) is 9.79 Å². The Balaban J connectivity index is 1.60. The molecule has 1 aromatic carbocycles. The van der Waals surface area contributed by atoms with E-state index in [1.54, 1.807) is 7.11 Å². The Morgan fingerprint density at radius 1 is 1.32 bits per heavy atom. The van der Waals surface area contributed by atoms with E-state index in [1.165, 1.54) is 11.8 Å². The molecular weight excluding hydrogens is 376 g/mol. The monoisotopic (exact) mass is 398 g/mol. The maximum absolute atomic E-state index is 12.1. The van der Waals surface area contributed by atoms with E-state index < -0.39 is 0 Å². The molecule has 2 aliphatic rings. The Kier molecular flexibility index (Phi) is 5.73. The molecule has 0 atom stereocenters. The van der Waals surface area contributed by atoms with Crippen LogP contribution in [0.3, 0.4) is 0 Å². The van der Waals surface area contributed by atoms with Crippen LogP contribution in [0, 0.1) is 0 Å². The van der Waals surface area contributed by atoms with E-state index in [1.807, 2.05) is 41.2 Å². The summed E-state index contributed by atoms with van der Waals surface area (Å²) in [4.78, 5) is 23.8. The molecule has 0 saturated heterocycles. The zero-order chi connectivity index (χ0) is 19.3. The molecule has 0 aliphatic carbocycles. The number of aromatic nitrogens is 2. The Hall–Kier alpha value is -2.65. The molecule has 9 heteroatoms. The van der Waals surface area contributed by atoms with Gasteiger partial charge in [-0.2, -0.15) is 5.10 Å². The average Bonchev–Trinajstić information content (AvgIpc) is 3.17. The maximum atomic E-state index is 12.1. The highest BCUT2D eigenvalue weighted by molar-refractivity contribution is 8.14. The first-order chi connectivity index (χ1) is 13.8. The van der Waals surface area contributed by atoms with Crippen LogP contribution >= 0.6 is 11.8 Å². The number of hydrogen-bond acceptors (Lipinski definition) is 7. The Morgan fingerprint density at radius 2 is 2.18 bits per heavy atom. The quantitative estimate of drug-likeness (QED) is 0.751. The van der Waals surface area contributed by atoms with E-state index in [2.05, 4.69) is 15.3 Å². The lowest BCUT2D eigenvalue weighted by molar-refractivity contribution is -0.118. The number of benzene rings is 1. The van der Waals surface area contributed by atoms with Crippen molar-refractivity contribution in [1.29, 1.82) is 0 Å². The predicted octanol–water partition coefficient (Wildman–Crippen LogP) is 1.82. The summed E-state index contributed by atoms with van der Waals surface area (Å²) in [6.45, 7) is 2.63. The number of nitrogens with one attached hydrogen (secondary N) is 1. The molecule has 3 heterocycles. The Morgan fingerprint density at radius 3 is 3.00 bits per heavy atom. The second-order valence-electron chi connectivity index (χ2n) is 6.37. The smallest absolute Gasteiger partial charge is 0.230 e. The fraction of sp³-hybridized carbons (Fsp3) is 0.368. The molecule has 28 heavy (non-hydrogen) atoms. The molecule has 1 aromatic heterocycles. The number of hydrogen-bond donors (Lipinski definition) is 1. The number of aliphatic imine (C=N–C) groups is 2. The van der Waals surface area contributed by atoms with Crippen molar-refractivity contribution in [2.75, 3.05) is 39.1 Å². The third-order valence-corrected chi connectivity index (χ3v) is 5.41. The number of amides is 1. The van der Waals surface area contributed by atoms with Crippen LogP contribution in [-0.4, -0.2) is 70.7 Å². The molecule has 0 spiro atoms. The molecule has 8 nitrogen and oxygen atoms in total. The number of rotatable bonds is 6. The first kappa shape index (κ1) is 18.7. The highest BCUT2D eigenvalue weighted by Crippen LogP contribution is 2.33. The summed E-state index contributed by atoms with van der Waals surface area (Å²) < 4.78 is 6.79. The number of methoxy groups -OCH3 is 1. The number of nitrogens with zero attached hydrogens (tertiary/aromatic N) is 5. The van der Waals surface area contributed by atoms with Crippen LogP contribution in [0.15, 0.2) is 46.5 Å². The van der Waals surface area contributed by atoms with Crippen molar-refractivity contribution in [2.24, 2.45) is 9.98 Å². The number of fused-ring (bicyclic) bond motifs is 3. The van der Waals surface area contributed by atoms with Gasteiger partial charge in [0.05, 0.1) is 29.8 Å². The minimum atomic E-state index is -0.0392. The standard InChI is InChI=1S/C19H22N6O2S/c1-27-11-9-20-16(26)13-28-19-23-18-15(17-21-8-5-10-24(17)19)12-22-25(18)14-6-3-2-4-7-14/h2-4,6-7,12H,5,8-11,13H2,1H3,(H,20,26). The summed E-state index contributed by atoms with van der Waals surface area (Å²) >= 11 is 1.42. The van der Waals surface area contributed by atoms with E-state index in [-0.39, 0.29) is 5.91 Å². The molecule has 2 aliphatic heterocycles. The van der Waals surface area contributed by atoms with Crippen molar-refractivity contribution in [3.63, 3.8) is 0 Å². The van der Waals surface area contributed by atoms with Crippen LogP contribution in [0.5, 0.6) is 0 Å². The summed E-state index contributed by atoms with van der Waals surface area (Å²) in [6, 6.07) is 9.90. The molecule has 0 saturated carbocycles. The largest absolute Gasteiger partial charge is 0.383 e. The fourth-order valence-corrected chi connectivity index (χ4v) is 3.97. The van der Waals surface area contributed by atoms with Gasteiger partial charge in [-0.25, -0.2) is 9.67 Å². The van der Waals surface area contributed by atoms with Gasteiger partial charge in [0.15, 0.2) is 11.0 Å². The number of thioether (sulfide) groups is 1. The number of ether oxygens (including phenoxy) is 1. The highest BCUT2D eigenvalue weighted by Gasteiger charge is 2.31. The molecule has 1 amide bonds. The van der Waals surface area contributed by atoms with Crippen molar-refractivity contribution in [2.45, 2.75) is 6.42 Å². The van der Waals surface area contributed by atoms with Gasteiger partial charge in [-0.1, -0.05) is 30.0 Å². The molecule has 1 N–H and O–H groups in total. The maximum Gasteiger partial charge on any atom is 0.230 e. The molecule has 0 radical (unpaired) electrons. The minimum Gasteiger partial charge on any atom is -0.383 e. The van der Waals surface area contributed by atoms with E-state index >= 15 is 0 Å². The Bertz CT molecular complexity index is 908. The van der Waals surface area contributed by atoms with Gasteiger partial charge in [0.2, 0.25) is 5.91 Å². The van der Waals surface area contributed by atoms with Gasteiger partial charge in [0.25, 0.3) is 0 Å². The van der Waals surface area contributed by atoms with Gasteiger partial charge < -0.3 is 15.0 Å². The van der Waals surface area contributed by atoms with Crippen molar-refractivity contribution < 1.29 is 9.53 Å². The molecule has 146 valence electrons. The molecule has 0 unspecified atom stereocenters. The predicted molar refractivity (Wildman–Crippen MR) is 111 cm³/mol. The normalized spacial score (nSPS) is 15.4. The molecule has 2 aromatic rings. The van der Waals surface area contributed by atoms with Crippen molar-refractivity contribution in [3.8, 4) is 5.69 Å². The van der Waals surface area contributed by atoms with E-state index in [9.17, 15) is 4.79 Å². The lowest BCUT2D eigenvalue weighted by Crippen LogP contribution is -2.42. The summed E-state index contributed by atoms with van der Waals surface area (Å²) in [5.74, 6) is 1.90. The first-order valence-electron chi connectivity index (χ1n) is 9.21. The average molecular weight is 398 g/mol. The number of amidine groups is 2. The van der Waals surface area contributed by atoms with E-state index in [0.717, 1.165) is 47.6 Å². The van der Waals surface area contributed by atoms with Crippen molar-refractivity contribution in [3.05, 3.63) is 42.1 Å². The second-order valence-corrected chi connectivity index (χ2v) is 7.31. The van der Waals surface area contributed by atoms with Gasteiger partial charge in [0.1, 0.15) is 5.84 Å². The Labute approximate surface area is 167 Å². The lowest BCUT2D eigenvalue weighted by atomic mass is 10.2. The molecule has 4 rings (SSSR count). The molecule has 0 bridgehead atoms. The van der Waals surface area contributed by atoms with Crippen LogP contribution < -0.4 is 5.32 Å². The SMILES string of the molecule is COCCNC(=O)CSC1=Nc2c(cnn2-c2ccccc2)C2=NCCCN12. The van der Waals surface area contributed by atoms with Crippen molar-refractivity contribution in [1.82, 2.24) is 20.0 Å². The summed E-state index contributed by atoms with van der Waals surface area (Å²) in [5.41, 5.74) is 1.87. The summed E-state index contributed by atoms with van der Waals surface area (Å²) in [6.07, 6.45) is 2.78. The van der Waals surface area contributed by atoms with Gasteiger partial charge in [0, 0.05) is 26.7 Å². The van der Waals surface area contributed by atoms with Crippen LogP contribution in [0.4, 0.5) is 5.82 Å². The number of carbonyl (C=O) groups is 1. The number of para-hydroxylation sites is 1. The van der Waals surface area contributed by atoms with E-state index in [4.69, 9.17) is 14.7 Å². The first-order valence-corrected chi connectivity index (χ1v) is 10.2. The molecule has 0 fully saturated rings. The van der Waals surface area contributed by atoms with Crippen molar-refractivity contribution >= 4 is 34.5 Å². The van der Waals surface area contributed by atoms with E-state index in [0.29, 0.717) is 18.9 Å². The van der Waals surface area contributed by atoms with Gasteiger partial charge >= 0.3 is 0 Å². The minimum absolute atomic E-state index is 0.0392. The third-order valence-electron chi connectivity index (χ3n) is 4.44. The second kappa shape index (κ2) is 8.57. The summed E-state index contributed by atoms with van der Waals surface area (Å²) in [7, 11) is 1.61. The topological polar surface area (TPSA) is 84.1 Å². The van der Waals surface area contributed by atoms with Crippen LogP contribution in [0.25, 0.3) is 5.69 Å². The fourth-order valence-electron chi connectivity index (χ4n) is 3.12. The van der Waals surface area contributed by atoms with Crippen LogP contribution in [0.1, 0.15) is 12.0 Å². The third kappa shape index (κ3) is 3.81. The zero-order valence-corrected chi connectivity index (χ0v) is 16.5. The lowest BCUT2D eigenvalue weighted by Gasteiger charge is -2.32. The van der Waals surface area contributed by atoms with Gasteiger partial charge in [-0.05, 0) is 18.6 Å². The highest BCUT2D eigenvalue weighted by atomic mass is 32.2. The molecular formula is C19H22N6O2S. The summed E-state index contributed by atoms with van der Waals surface area (Å²) in [5, 5.41) is 8.16. The van der Waals surface area contributed by atoms with Gasteiger partial charge in [-0.15, -0.1) is 0 Å². The van der Waals surface area contributed by atoms with Crippen LogP contribution in [-0.2, 0) is 9.53 Å².